The van der Waals surface area contributed by atoms with Crippen LogP contribution in [0.5, 0.6) is 0 Å². The second kappa shape index (κ2) is 6.15. The van der Waals surface area contributed by atoms with Gasteiger partial charge in [-0.1, -0.05) is 38.0 Å². The van der Waals surface area contributed by atoms with Crippen LogP contribution in [-0.4, -0.2) is 25.3 Å². The summed E-state index contributed by atoms with van der Waals surface area (Å²) in [5.41, 5.74) is 8.94. The molecule has 2 unspecified atom stereocenters. The van der Waals surface area contributed by atoms with E-state index in [0.717, 1.165) is 19.6 Å². The molecule has 0 bridgehead atoms. The number of fused-ring (bicyclic) bond motifs is 1. The molecule has 3 heteroatoms. The Bertz CT molecular complexity index is 446. The van der Waals surface area contributed by atoms with Crippen molar-refractivity contribution < 1.29 is 4.74 Å². The molecular weight excluding hydrogens is 248 g/mol. The highest BCUT2D eigenvalue weighted by molar-refractivity contribution is 5.56. The van der Waals surface area contributed by atoms with Crippen LogP contribution in [0.15, 0.2) is 24.3 Å². The molecule has 1 saturated heterocycles. The summed E-state index contributed by atoms with van der Waals surface area (Å²) in [6.45, 7) is 4.00. The number of ether oxygens (including phenoxy) is 1. The molecule has 0 aromatic heterocycles. The van der Waals surface area contributed by atoms with Gasteiger partial charge in [-0.05, 0) is 30.9 Å². The third kappa shape index (κ3) is 2.57. The Kier molecular flexibility index (Phi) is 4.27. The van der Waals surface area contributed by atoms with Gasteiger partial charge in [0.2, 0.25) is 0 Å². The molecule has 1 saturated carbocycles. The molecule has 1 aromatic rings. The predicted octanol–water partition coefficient (Wildman–Crippen LogP) is 3.24. The second-order valence-corrected chi connectivity index (χ2v) is 6.03. The number of para-hydroxylation sites is 1. The Labute approximate surface area is 122 Å². The van der Waals surface area contributed by atoms with Crippen molar-refractivity contribution in [2.45, 2.75) is 57.2 Å². The Morgan fingerprint density at radius 2 is 2.10 bits per heavy atom. The van der Waals surface area contributed by atoms with Gasteiger partial charge in [-0.3, -0.25) is 0 Å². The fourth-order valence-corrected chi connectivity index (χ4v) is 3.68. The first-order valence-corrected chi connectivity index (χ1v) is 8.04. The summed E-state index contributed by atoms with van der Waals surface area (Å²) in [5.74, 6) is 0. The van der Waals surface area contributed by atoms with Crippen LogP contribution in [0.4, 0.5) is 5.69 Å². The van der Waals surface area contributed by atoms with Crippen molar-refractivity contribution in [2.24, 2.45) is 5.73 Å². The van der Waals surface area contributed by atoms with E-state index in [9.17, 15) is 0 Å². The summed E-state index contributed by atoms with van der Waals surface area (Å²) in [6.07, 6.45) is 6.50. The maximum absolute atomic E-state index is 6.31. The van der Waals surface area contributed by atoms with Gasteiger partial charge in [-0.2, -0.15) is 0 Å². The standard InChI is InChI=1S/C17H26N2O/c1-2-14(18)13-7-3-4-8-15(13)19-11-12-20-17-10-6-5-9-16(17)19/h3-4,7-8,14,16-17H,2,5-6,9-12,18H2,1H3/t14-,16?,17?/m1/s1. The molecule has 0 spiro atoms. The molecule has 3 rings (SSSR count). The lowest BCUT2D eigenvalue weighted by molar-refractivity contribution is -0.00875. The minimum atomic E-state index is 0.135. The van der Waals surface area contributed by atoms with E-state index >= 15 is 0 Å². The zero-order chi connectivity index (χ0) is 13.9. The average Bonchev–Trinajstić information content (AvgIpc) is 2.53. The molecule has 2 fully saturated rings. The number of morpholine rings is 1. The quantitative estimate of drug-likeness (QED) is 0.919. The van der Waals surface area contributed by atoms with Crippen LogP contribution in [0, 0.1) is 0 Å². The Morgan fingerprint density at radius 3 is 2.95 bits per heavy atom. The number of nitrogens with zero attached hydrogens (tertiary/aromatic N) is 1. The highest BCUT2D eigenvalue weighted by atomic mass is 16.5. The van der Waals surface area contributed by atoms with Crippen LogP contribution in [0.1, 0.15) is 50.6 Å². The van der Waals surface area contributed by atoms with E-state index < -0.39 is 0 Å². The van der Waals surface area contributed by atoms with E-state index in [1.165, 1.54) is 36.9 Å². The molecule has 0 radical (unpaired) electrons. The van der Waals surface area contributed by atoms with Gasteiger partial charge in [0.05, 0.1) is 18.8 Å². The lowest BCUT2D eigenvalue weighted by atomic mass is 9.89. The fraction of sp³-hybridized carbons (Fsp3) is 0.647. The Morgan fingerprint density at radius 1 is 1.30 bits per heavy atom. The SMILES string of the molecule is CC[C@@H](N)c1ccccc1N1CCOC2CCCCC21. The highest BCUT2D eigenvalue weighted by Gasteiger charge is 2.35. The highest BCUT2D eigenvalue weighted by Crippen LogP contribution is 2.35. The van der Waals surface area contributed by atoms with Crippen LogP contribution >= 0.6 is 0 Å². The third-order valence-corrected chi connectivity index (χ3v) is 4.82. The van der Waals surface area contributed by atoms with Crippen LogP contribution in [0.3, 0.4) is 0 Å². The molecular formula is C17H26N2O. The Hall–Kier alpha value is -1.06. The van der Waals surface area contributed by atoms with Gasteiger partial charge in [0.15, 0.2) is 0 Å². The monoisotopic (exact) mass is 274 g/mol. The van der Waals surface area contributed by atoms with Crippen molar-refractivity contribution in [2.75, 3.05) is 18.1 Å². The summed E-state index contributed by atoms with van der Waals surface area (Å²) in [6, 6.07) is 9.35. The fourth-order valence-electron chi connectivity index (χ4n) is 3.68. The largest absolute Gasteiger partial charge is 0.374 e. The minimum absolute atomic E-state index is 0.135. The summed E-state index contributed by atoms with van der Waals surface area (Å²) < 4.78 is 5.99. The van der Waals surface area contributed by atoms with Gasteiger partial charge in [0, 0.05) is 18.3 Å². The number of benzene rings is 1. The van der Waals surface area contributed by atoms with Gasteiger partial charge in [-0.15, -0.1) is 0 Å². The molecule has 1 aliphatic heterocycles. The van der Waals surface area contributed by atoms with Crippen LogP contribution in [-0.2, 0) is 4.74 Å². The third-order valence-electron chi connectivity index (χ3n) is 4.82. The number of nitrogens with two attached hydrogens (primary N) is 1. The molecule has 2 N–H and O–H groups in total. The van der Waals surface area contributed by atoms with E-state index in [1.807, 2.05) is 0 Å². The van der Waals surface area contributed by atoms with E-state index in [-0.39, 0.29) is 6.04 Å². The minimum Gasteiger partial charge on any atom is -0.374 e. The maximum atomic E-state index is 6.31. The number of rotatable bonds is 3. The van der Waals surface area contributed by atoms with Crippen molar-refractivity contribution in [3.05, 3.63) is 29.8 Å². The predicted molar refractivity (Wildman–Crippen MR) is 83.0 cm³/mol. The second-order valence-electron chi connectivity index (χ2n) is 6.03. The van der Waals surface area contributed by atoms with Gasteiger partial charge in [0.25, 0.3) is 0 Å². The molecule has 0 amide bonds. The van der Waals surface area contributed by atoms with Crippen molar-refractivity contribution in [3.63, 3.8) is 0 Å². The van der Waals surface area contributed by atoms with Crippen molar-refractivity contribution in [1.82, 2.24) is 0 Å². The normalized spacial score (nSPS) is 28.0. The first-order chi connectivity index (χ1) is 9.81. The van der Waals surface area contributed by atoms with E-state index in [0.29, 0.717) is 12.1 Å². The molecule has 1 aromatic carbocycles. The number of anilines is 1. The molecule has 1 aliphatic carbocycles. The van der Waals surface area contributed by atoms with Crippen molar-refractivity contribution in [1.29, 1.82) is 0 Å². The first-order valence-electron chi connectivity index (χ1n) is 8.04. The maximum Gasteiger partial charge on any atom is 0.0779 e. The van der Waals surface area contributed by atoms with Crippen molar-refractivity contribution >= 4 is 5.69 Å². The van der Waals surface area contributed by atoms with Gasteiger partial charge in [0.1, 0.15) is 0 Å². The Balaban J connectivity index is 1.91. The zero-order valence-corrected chi connectivity index (χ0v) is 12.4. The number of hydrogen-bond acceptors (Lipinski definition) is 3. The lowest BCUT2D eigenvalue weighted by Gasteiger charge is -2.46. The van der Waals surface area contributed by atoms with Crippen LogP contribution < -0.4 is 10.6 Å². The molecule has 2 aliphatic rings. The van der Waals surface area contributed by atoms with Gasteiger partial charge in [-0.25, -0.2) is 0 Å². The van der Waals surface area contributed by atoms with Crippen LogP contribution in [0.25, 0.3) is 0 Å². The lowest BCUT2D eigenvalue weighted by Crippen LogP contribution is -2.53. The molecule has 3 nitrogen and oxygen atoms in total. The van der Waals surface area contributed by atoms with E-state index in [1.54, 1.807) is 0 Å². The zero-order valence-electron chi connectivity index (χ0n) is 12.4. The molecule has 3 atom stereocenters. The number of hydrogen-bond donors (Lipinski definition) is 1. The van der Waals surface area contributed by atoms with E-state index in [2.05, 4.69) is 36.1 Å². The van der Waals surface area contributed by atoms with Crippen LogP contribution in [0.2, 0.25) is 0 Å². The summed E-state index contributed by atoms with van der Waals surface area (Å²) >= 11 is 0. The van der Waals surface area contributed by atoms with Crippen molar-refractivity contribution in [3.8, 4) is 0 Å². The first kappa shape index (κ1) is 13.9. The smallest absolute Gasteiger partial charge is 0.0779 e. The van der Waals surface area contributed by atoms with Gasteiger partial charge < -0.3 is 15.4 Å². The molecule has 20 heavy (non-hydrogen) atoms. The topological polar surface area (TPSA) is 38.5 Å². The van der Waals surface area contributed by atoms with Gasteiger partial charge >= 0.3 is 0 Å². The summed E-state index contributed by atoms with van der Waals surface area (Å²) in [5, 5.41) is 0. The summed E-state index contributed by atoms with van der Waals surface area (Å²) in [7, 11) is 0. The molecule has 1 heterocycles. The average molecular weight is 274 g/mol. The van der Waals surface area contributed by atoms with E-state index in [4.69, 9.17) is 10.5 Å². The molecule has 110 valence electrons. The summed E-state index contributed by atoms with van der Waals surface area (Å²) in [4.78, 5) is 2.57.